The molecule has 0 radical (unpaired) electrons. The van der Waals surface area contributed by atoms with Gasteiger partial charge >= 0.3 is 5.97 Å². The van der Waals surface area contributed by atoms with Gasteiger partial charge in [0.1, 0.15) is 5.69 Å². The summed E-state index contributed by atoms with van der Waals surface area (Å²) in [5, 5.41) is 6.37. The first-order chi connectivity index (χ1) is 15.0. The third kappa shape index (κ3) is 5.29. The van der Waals surface area contributed by atoms with Gasteiger partial charge in [-0.2, -0.15) is 0 Å². The van der Waals surface area contributed by atoms with Crippen molar-refractivity contribution in [2.24, 2.45) is 5.92 Å². The van der Waals surface area contributed by atoms with Gasteiger partial charge in [-0.05, 0) is 63.5 Å². The van der Waals surface area contributed by atoms with Gasteiger partial charge in [-0.1, -0.05) is 0 Å². The minimum absolute atomic E-state index is 0.0389. The number of carbonyl (C=O) groups is 2. The normalized spacial score (nSPS) is 21.7. The fraction of sp³-hybridized carbons (Fsp3) is 0.609. The Morgan fingerprint density at radius 2 is 1.94 bits per heavy atom. The summed E-state index contributed by atoms with van der Waals surface area (Å²) >= 11 is 1.69. The maximum absolute atomic E-state index is 13.0. The van der Waals surface area contributed by atoms with Crippen LogP contribution >= 0.6 is 11.3 Å². The van der Waals surface area contributed by atoms with E-state index >= 15 is 0 Å². The number of hydrogen-bond donors (Lipinski definition) is 1. The molecule has 1 aliphatic carbocycles. The lowest BCUT2D eigenvalue weighted by molar-refractivity contribution is -0.146. The molecule has 2 fully saturated rings. The average molecular weight is 445 g/mol. The summed E-state index contributed by atoms with van der Waals surface area (Å²) in [6.07, 6.45) is 8.91. The molecule has 0 bridgehead atoms. The molecule has 1 N–H and O–H groups in total. The molecule has 0 atom stereocenters. The Hall–Kier alpha value is -2.35. The van der Waals surface area contributed by atoms with E-state index in [4.69, 9.17) is 9.72 Å². The summed E-state index contributed by atoms with van der Waals surface area (Å²) in [5.74, 6) is -0.231. The molecule has 1 saturated carbocycles. The Morgan fingerprint density at radius 3 is 2.65 bits per heavy atom. The van der Waals surface area contributed by atoms with E-state index in [1.807, 2.05) is 23.8 Å². The van der Waals surface area contributed by atoms with E-state index in [0.29, 0.717) is 12.2 Å². The number of thiazole rings is 1. The van der Waals surface area contributed by atoms with Crippen LogP contribution in [-0.4, -0.2) is 47.7 Å². The average Bonchev–Trinajstić information content (AvgIpc) is 3.41. The Balaban J connectivity index is 1.38. The molecule has 3 heterocycles. The third-order valence-electron chi connectivity index (χ3n) is 6.36. The predicted octanol–water partition coefficient (Wildman–Crippen LogP) is 3.75. The van der Waals surface area contributed by atoms with Crippen molar-refractivity contribution >= 4 is 28.3 Å². The number of hydrogen-bond acceptors (Lipinski definition) is 6. The molecule has 0 spiro atoms. The van der Waals surface area contributed by atoms with Crippen molar-refractivity contribution in [2.75, 3.05) is 25.1 Å². The number of anilines is 1. The molecule has 2 aliphatic rings. The molecule has 0 aromatic carbocycles. The van der Waals surface area contributed by atoms with Crippen LogP contribution in [0.3, 0.4) is 0 Å². The lowest BCUT2D eigenvalue weighted by atomic mass is 9.86. The summed E-state index contributed by atoms with van der Waals surface area (Å²) in [6, 6.07) is 2.04. The van der Waals surface area contributed by atoms with Gasteiger partial charge in [0.15, 0.2) is 5.13 Å². The van der Waals surface area contributed by atoms with E-state index in [9.17, 15) is 9.59 Å². The van der Waals surface area contributed by atoms with Gasteiger partial charge in [-0.15, -0.1) is 11.3 Å². The van der Waals surface area contributed by atoms with Gasteiger partial charge < -0.3 is 19.5 Å². The number of nitrogens with zero attached hydrogens (tertiary/aromatic N) is 3. The van der Waals surface area contributed by atoms with E-state index in [-0.39, 0.29) is 23.8 Å². The van der Waals surface area contributed by atoms with Crippen LogP contribution in [0.5, 0.6) is 0 Å². The number of amides is 1. The van der Waals surface area contributed by atoms with Gasteiger partial charge in [0.05, 0.1) is 25.3 Å². The zero-order chi connectivity index (χ0) is 21.8. The molecule has 7 nitrogen and oxygen atoms in total. The van der Waals surface area contributed by atoms with Crippen LogP contribution in [0.4, 0.5) is 5.13 Å². The number of ether oxygens (including phenoxy) is 1. The fourth-order valence-corrected chi connectivity index (χ4v) is 5.52. The lowest BCUT2D eigenvalue weighted by Gasteiger charge is -2.27. The Bertz CT molecular complexity index is 908. The first-order valence-corrected chi connectivity index (χ1v) is 12.2. The summed E-state index contributed by atoms with van der Waals surface area (Å²) in [7, 11) is 1.44. The van der Waals surface area contributed by atoms with Crippen LogP contribution in [0.1, 0.15) is 66.7 Å². The highest BCUT2D eigenvalue weighted by Gasteiger charge is 2.28. The van der Waals surface area contributed by atoms with Gasteiger partial charge in [-0.25, -0.2) is 4.98 Å². The Labute approximate surface area is 187 Å². The van der Waals surface area contributed by atoms with E-state index in [2.05, 4.69) is 15.6 Å². The number of aromatic nitrogens is 2. The monoisotopic (exact) mass is 444 g/mol. The van der Waals surface area contributed by atoms with Gasteiger partial charge in [-0.3, -0.25) is 9.59 Å². The fourth-order valence-electron chi connectivity index (χ4n) is 4.65. The summed E-state index contributed by atoms with van der Waals surface area (Å²) < 4.78 is 6.85. The zero-order valence-corrected chi connectivity index (χ0v) is 19.2. The first-order valence-electron chi connectivity index (χ1n) is 11.3. The van der Waals surface area contributed by atoms with Gasteiger partial charge in [0.25, 0.3) is 5.91 Å². The number of rotatable bonds is 6. The largest absolute Gasteiger partial charge is 0.469 e. The maximum Gasteiger partial charge on any atom is 0.308 e. The van der Waals surface area contributed by atoms with E-state index in [0.717, 1.165) is 55.2 Å². The molecular formula is C23H32N4O3S. The van der Waals surface area contributed by atoms with Crippen molar-refractivity contribution in [3.05, 3.63) is 34.6 Å². The molecule has 1 aliphatic heterocycles. The second-order valence-electron chi connectivity index (χ2n) is 8.74. The maximum atomic E-state index is 13.0. The van der Waals surface area contributed by atoms with Crippen molar-refractivity contribution in [3.63, 3.8) is 0 Å². The van der Waals surface area contributed by atoms with Crippen LogP contribution < -0.4 is 10.2 Å². The molecule has 2 aromatic rings. The van der Waals surface area contributed by atoms with Gasteiger partial charge in [0.2, 0.25) is 0 Å². The van der Waals surface area contributed by atoms with Crippen molar-refractivity contribution in [2.45, 2.75) is 64.5 Å². The zero-order valence-electron chi connectivity index (χ0n) is 18.4. The minimum atomic E-state index is -0.138. The van der Waals surface area contributed by atoms with Crippen molar-refractivity contribution in [1.29, 1.82) is 0 Å². The molecule has 168 valence electrons. The topological polar surface area (TPSA) is 76.5 Å². The van der Waals surface area contributed by atoms with E-state index in [1.165, 1.54) is 26.4 Å². The molecule has 4 rings (SSSR count). The van der Waals surface area contributed by atoms with Crippen molar-refractivity contribution < 1.29 is 14.3 Å². The summed E-state index contributed by atoms with van der Waals surface area (Å²) in [5.41, 5.74) is 2.72. The lowest BCUT2D eigenvalue weighted by Crippen LogP contribution is -2.39. The van der Waals surface area contributed by atoms with Crippen LogP contribution in [-0.2, 0) is 16.1 Å². The number of carbonyl (C=O) groups excluding carboxylic acids is 2. The molecule has 1 saturated heterocycles. The molecule has 0 unspecified atom stereocenters. The highest BCUT2D eigenvalue weighted by atomic mass is 32.1. The SMILES string of the molecule is COC(=O)[C@H]1CC[C@H](NC(=O)c2cc(C)cn2Cc2csc(N3CCCCC3)n2)CC1. The molecule has 2 aromatic heterocycles. The third-order valence-corrected chi connectivity index (χ3v) is 7.31. The Kier molecular flexibility index (Phi) is 6.95. The van der Waals surface area contributed by atoms with E-state index < -0.39 is 0 Å². The highest BCUT2D eigenvalue weighted by Crippen LogP contribution is 2.27. The first kappa shape index (κ1) is 21.9. The smallest absolute Gasteiger partial charge is 0.308 e. The number of methoxy groups -OCH3 is 1. The summed E-state index contributed by atoms with van der Waals surface area (Å²) in [6.45, 7) is 4.77. The summed E-state index contributed by atoms with van der Waals surface area (Å²) in [4.78, 5) is 31.9. The van der Waals surface area contributed by atoms with Crippen molar-refractivity contribution in [1.82, 2.24) is 14.9 Å². The molecular weight excluding hydrogens is 412 g/mol. The van der Waals surface area contributed by atoms with Crippen molar-refractivity contribution in [3.8, 4) is 0 Å². The Morgan fingerprint density at radius 1 is 1.19 bits per heavy atom. The predicted molar refractivity (Wildman–Crippen MR) is 122 cm³/mol. The van der Waals surface area contributed by atoms with Gasteiger partial charge in [0, 0.05) is 30.7 Å². The highest BCUT2D eigenvalue weighted by molar-refractivity contribution is 7.13. The number of aryl methyl sites for hydroxylation is 1. The van der Waals surface area contributed by atoms with Crippen LogP contribution in [0, 0.1) is 12.8 Å². The standard InChI is InChI=1S/C23H32N4O3S/c1-16-12-20(21(28)24-18-8-6-17(7-9-18)22(29)30-2)27(13-16)14-19-15-31-23(25-19)26-10-4-3-5-11-26/h12-13,15,17-18H,3-11,14H2,1-2H3,(H,24,28)/t17-,18-. The molecule has 1 amide bonds. The van der Waals surface area contributed by atoms with Crippen LogP contribution in [0.25, 0.3) is 0 Å². The molecule has 31 heavy (non-hydrogen) atoms. The number of piperidine rings is 1. The minimum Gasteiger partial charge on any atom is -0.469 e. The molecule has 8 heteroatoms. The van der Waals surface area contributed by atoms with E-state index in [1.54, 1.807) is 11.3 Å². The quantitative estimate of drug-likeness (QED) is 0.687. The second kappa shape index (κ2) is 9.85. The van der Waals surface area contributed by atoms with Crippen LogP contribution in [0.15, 0.2) is 17.6 Å². The number of esters is 1. The number of nitrogens with one attached hydrogen (secondary N) is 1. The second-order valence-corrected chi connectivity index (χ2v) is 9.58. The van der Waals surface area contributed by atoms with Crippen LogP contribution in [0.2, 0.25) is 0 Å².